The molecule has 0 aliphatic carbocycles. The van der Waals surface area contributed by atoms with Gasteiger partial charge in [0.05, 0.1) is 11.7 Å². The highest BCUT2D eigenvalue weighted by Gasteiger charge is 2.09. The molecule has 0 heterocycles. The first-order chi connectivity index (χ1) is 6.50. The van der Waals surface area contributed by atoms with Gasteiger partial charge in [0.15, 0.2) is 0 Å². The van der Waals surface area contributed by atoms with Crippen LogP contribution in [0.1, 0.15) is 6.92 Å². The van der Waals surface area contributed by atoms with Gasteiger partial charge in [0.1, 0.15) is 0 Å². The molecule has 0 radical (unpaired) electrons. The van der Waals surface area contributed by atoms with Gasteiger partial charge >= 0.3 is 0 Å². The number of amides is 1. The van der Waals surface area contributed by atoms with E-state index in [1.165, 1.54) is 0 Å². The SMILES string of the molecule is CC(N)C(=O)Nc1cc(Br)ccc1I. The highest BCUT2D eigenvalue weighted by molar-refractivity contribution is 14.1. The molecule has 0 saturated carbocycles. The van der Waals surface area contributed by atoms with Gasteiger partial charge in [0, 0.05) is 8.04 Å². The Kier molecular flexibility index (Phi) is 4.33. The second-order valence-corrected chi connectivity index (χ2v) is 4.98. The number of halogens is 2. The zero-order valence-corrected chi connectivity index (χ0v) is 11.3. The Morgan fingerprint density at radius 2 is 2.29 bits per heavy atom. The molecule has 1 rings (SSSR count). The lowest BCUT2D eigenvalue weighted by molar-refractivity contribution is -0.117. The van der Waals surface area contributed by atoms with Crippen LogP contribution in [0.5, 0.6) is 0 Å². The van der Waals surface area contributed by atoms with Gasteiger partial charge in [-0.1, -0.05) is 15.9 Å². The molecule has 0 aromatic heterocycles. The topological polar surface area (TPSA) is 55.1 Å². The lowest BCUT2D eigenvalue weighted by atomic mass is 10.3. The van der Waals surface area contributed by atoms with Crippen LogP contribution in [0.4, 0.5) is 5.69 Å². The van der Waals surface area contributed by atoms with Crippen molar-refractivity contribution in [3.63, 3.8) is 0 Å². The predicted octanol–water partition coefficient (Wildman–Crippen LogP) is 2.34. The Balaban J connectivity index is 2.86. The van der Waals surface area contributed by atoms with Gasteiger partial charge in [0.2, 0.25) is 5.91 Å². The number of anilines is 1. The van der Waals surface area contributed by atoms with Crippen molar-refractivity contribution in [1.82, 2.24) is 0 Å². The zero-order chi connectivity index (χ0) is 10.7. The van der Waals surface area contributed by atoms with Gasteiger partial charge in [0.25, 0.3) is 0 Å². The van der Waals surface area contributed by atoms with Crippen molar-refractivity contribution >= 4 is 50.1 Å². The number of carbonyl (C=O) groups is 1. The van der Waals surface area contributed by atoms with Crippen LogP contribution in [-0.2, 0) is 4.79 Å². The molecule has 0 aliphatic heterocycles. The number of carbonyl (C=O) groups excluding carboxylic acids is 1. The van der Waals surface area contributed by atoms with E-state index in [0.29, 0.717) is 0 Å². The molecular formula is C9H10BrIN2O. The lowest BCUT2D eigenvalue weighted by Crippen LogP contribution is -2.32. The number of hydrogen-bond donors (Lipinski definition) is 2. The van der Waals surface area contributed by atoms with Gasteiger partial charge in [-0.15, -0.1) is 0 Å². The summed E-state index contributed by atoms with van der Waals surface area (Å²) < 4.78 is 1.91. The lowest BCUT2D eigenvalue weighted by Gasteiger charge is -2.09. The summed E-state index contributed by atoms with van der Waals surface area (Å²) in [6.45, 7) is 1.65. The molecule has 1 amide bonds. The number of rotatable bonds is 2. The third-order valence-corrected chi connectivity index (χ3v) is 3.03. The molecule has 76 valence electrons. The van der Waals surface area contributed by atoms with E-state index < -0.39 is 6.04 Å². The summed E-state index contributed by atoms with van der Waals surface area (Å²) in [5, 5.41) is 2.75. The quantitative estimate of drug-likeness (QED) is 0.787. The summed E-state index contributed by atoms with van der Waals surface area (Å²) in [6, 6.07) is 5.19. The van der Waals surface area contributed by atoms with Crippen molar-refractivity contribution in [2.24, 2.45) is 5.73 Å². The van der Waals surface area contributed by atoms with Crippen molar-refractivity contribution in [1.29, 1.82) is 0 Å². The maximum absolute atomic E-state index is 11.3. The Morgan fingerprint density at radius 1 is 1.64 bits per heavy atom. The van der Waals surface area contributed by atoms with Crippen LogP contribution in [-0.4, -0.2) is 11.9 Å². The summed E-state index contributed by atoms with van der Waals surface area (Å²) in [4.78, 5) is 11.3. The fourth-order valence-electron chi connectivity index (χ4n) is 0.840. The molecule has 5 heteroatoms. The maximum atomic E-state index is 11.3. The summed E-state index contributed by atoms with van der Waals surface area (Å²) >= 11 is 5.49. The minimum atomic E-state index is -0.496. The van der Waals surface area contributed by atoms with E-state index in [1.54, 1.807) is 6.92 Å². The molecule has 1 aromatic rings. The Morgan fingerprint density at radius 3 is 2.86 bits per heavy atom. The maximum Gasteiger partial charge on any atom is 0.241 e. The monoisotopic (exact) mass is 368 g/mol. The van der Waals surface area contributed by atoms with E-state index in [4.69, 9.17) is 5.73 Å². The van der Waals surface area contributed by atoms with Gasteiger partial charge in [-0.2, -0.15) is 0 Å². The van der Waals surface area contributed by atoms with Crippen LogP contribution in [0.25, 0.3) is 0 Å². The minimum absolute atomic E-state index is 0.180. The van der Waals surface area contributed by atoms with Gasteiger partial charge < -0.3 is 11.1 Å². The molecule has 3 N–H and O–H groups in total. The van der Waals surface area contributed by atoms with Crippen LogP contribution in [0.3, 0.4) is 0 Å². The first-order valence-corrected chi connectivity index (χ1v) is 5.89. The van der Waals surface area contributed by atoms with E-state index in [2.05, 4.69) is 43.8 Å². The molecule has 1 aromatic carbocycles. The largest absolute Gasteiger partial charge is 0.324 e. The van der Waals surface area contributed by atoms with E-state index >= 15 is 0 Å². The number of benzene rings is 1. The smallest absolute Gasteiger partial charge is 0.241 e. The molecule has 0 bridgehead atoms. The van der Waals surface area contributed by atoms with Crippen LogP contribution in [0.2, 0.25) is 0 Å². The van der Waals surface area contributed by atoms with Crippen LogP contribution < -0.4 is 11.1 Å². The summed E-state index contributed by atoms with van der Waals surface area (Å²) in [6.07, 6.45) is 0. The molecule has 0 saturated heterocycles. The Hall–Kier alpha value is -0.140. The average molecular weight is 369 g/mol. The highest BCUT2D eigenvalue weighted by atomic mass is 127. The first kappa shape index (κ1) is 11.9. The second-order valence-electron chi connectivity index (χ2n) is 2.90. The molecule has 0 aliphatic rings. The highest BCUT2D eigenvalue weighted by Crippen LogP contribution is 2.22. The van der Waals surface area contributed by atoms with E-state index in [9.17, 15) is 4.79 Å². The molecular weight excluding hydrogens is 359 g/mol. The Labute approximate surface area is 105 Å². The van der Waals surface area contributed by atoms with E-state index in [1.807, 2.05) is 18.2 Å². The third-order valence-electron chi connectivity index (χ3n) is 1.60. The van der Waals surface area contributed by atoms with Gasteiger partial charge in [-0.05, 0) is 47.7 Å². The van der Waals surface area contributed by atoms with Crippen molar-refractivity contribution in [3.8, 4) is 0 Å². The van der Waals surface area contributed by atoms with Crippen LogP contribution in [0, 0.1) is 3.57 Å². The fourth-order valence-corrected chi connectivity index (χ4v) is 1.67. The Bertz CT molecular complexity index is 355. The molecule has 14 heavy (non-hydrogen) atoms. The van der Waals surface area contributed by atoms with E-state index in [0.717, 1.165) is 13.7 Å². The number of nitrogens with one attached hydrogen (secondary N) is 1. The van der Waals surface area contributed by atoms with Crippen LogP contribution >= 0.6 is 38.5 Å². The van der Waals surface area contributed by atoms with Gasteiger partial charge in [-0.25, -0.2) is 0 Å². The normalized spacial score (nSPS) is 12.3. The first-order valence-electron chi connectivity index (χ1n) is 4.02. The summed E-state index contributed by atoms with van der Waals surface area (Å²) in [5.41, 5.74) is 6.23. The minimum Gasteiger partial charge on any atom is -0.324 e. The van der Waals surface area contributed by atoms with Crippen molar-refractivity contribution in [3.05, 3.63) is 26.2 Å². The third kappa shape index (κ3) is 3.21. The molecule has 1 unspecified atom stereocenters. The van der Waals surface area contributed by atoms with Crippen molar-refractivity contribution in [2.75, 3.05) is 5.32 Å². The van der Waals surface area contributed by atoms with Crippen LogP contribution in [0.15, 0.2) is 22.7 Å². The zero-order valence-electron chi connectivity index (χ0n) is 7.55. The molecule has 3 nitrogen and oxygen atoms in total. The standard InChI is InChI=1S/C9H10BrIN2O/c1-5(12)9(14)13-8-4-6(10)2-3-7(8)11/h2-5H,12H2,1H3,(H,13,14). The average Bonchev–Trinajstić information content (AvgIpc) is 2.11. The van der Waals surface area contributed by atoms with Gasteiger partial charge in [-0.3, -0.25) is 4.79 Å². The summed E-state index contributed by atoms with van der Waals surface area (Å²) in [7, 11) is 0. The predicted molar refractivity (Wildman–Crippen MR) is 69.1 cm³/mol. The number of nitrogens with two attached hydrogens (primary N) is 1. The fraction of sp³-hybridized carbons (Fsp3) is 0.222. The van der Waals surface area contributed by atoms with Crippen molar-refractivity contribution in [2.45, 2.75) is 13.0 Å². The molecule has 0 spiro atoms. The molecule has 0 fully saturated rings. The summed E-state index contributed by atoms with van der Waals surface area (Å²) in [5.74, 6) is -0.180. The second kappa shape index (κ2) is 5.09. The molecule has 1 atom stereocenters. The number of hydrogen-bond acceptors (Lipinski definition) is 2. The van der Waals surface area contributed by atoms with Crippen molar-refractivity contribution < 1.29 is 4.79 Å². The van der Waals surface area contributed by atoms with E-state index in [-0.39, 0.29) is 5.91 Å².